The van der Waals surface area contributed by atoms with Crippen LogP contribution in [-0.4, -0.2) is 123 Å². The maximum Gasteiger partial charge on any atom is 0.327 e. The molecule has 14 nitrogen and oxygen atoms in total. The van der Waals surface area contributed by atoms with Crippen molar-refractivity contribution >= 4 is 37.2 Å². The maximum absolute atomic E-state index is 12.7. The lowest BCUT2D eigenvalue weighted by Crippen LogP contribution is -2.43. The third-order valence-corrected chi connectivity index (χ3v) is 10.8. The highest BCUT2D eigenvalue weighted by molar-refractivity contribution is 7.99. The van der Waals surface area contributed by atoms with E-state index in [-0.39, 0.29) is 50.4 Å². The first kappa shape index (κ1) is 54.7. The summed E-state index contributed by atoms with van der Waals surface area (Å²) in [5, 5.41) is 2.76. The van der Waals surface area contributed by atoms with E-state index in [0.29, 0.717) is 64.0 Å². The Bertz CT molecular complexity index is 978. The zero-order valence-corrected chi connectivity index (χ0v) is 36.6. The van der Waals surface area contributed by atoms with Gasteiger partial charge in [-0.15, -0.1) is 0 Å². The average Bonchev–Trinajstić information content (AvgIpc) is 3.16. The molecule has 0 unspecified atom stereocenters. The van der Waals surface area contributed by atoms with Gasteiger partial charge in [-0.1, -0.05) is 117 Å². The maximum atomic E-state index is 12.7. The molecule has 0 saturated carbocycles. The fraction of sp³-hybridized carbons (Fsp3) is 0.925. The molecule has 1 amide bonds. The van der Waals surface area contributed by atoms with Gasteiger partial charge in [0, 0.05) is 30.9 Å². The SMILES string of the molecule is CCCCCCCCCCCC(=O)OC[C@H](CSC[C@@H](N)C(=O)NCCOCCOCCOCCOCCP(=O)(O)O)OC(=O)CCCCCCCCCCC. The second kappa shape index (κ2) is 40.5. The van der Waals surface area contributed by atoms with Crippen LogP contribution in [0.25, 0.3) is 0 Å². The molecule has 0 aromatic rings. The number of thioether (sulfide) groups is 1. The summed E-state index contributed by atoms with van der Waals surface area (Å²) in [5.41, 5.74) is 6.12. The minimum atomic E-state index is -4.04. The topological polar surface area (TPSA) is 202 Å². The zero-order valence-electron chi connectivity index (χ0n) is 34.9. The Balaban J connectivity index is 4.30. The van der Waals surface area contributed by atoms with Crippen LogP contribution in [0.1, 0.15) is 142 Å². The Hall–Kier alpha value is -1.29. The first-order chi connectivity index (χ1) is 27.1. The van der Waals surface area contributed by atoms with Crippen LogP contribution in [-0.2, 0) is 47.4 Å². The molecule has 0 rings (SSSR count). The van der Waals surface area contributed by atoms with Crippen LogP contribution < -0.4 is 11.1 Å². The molecule has 0 heterocycles. The number of hydrogen-bond donors (Lipinski definition) is 4. The van der Waals surface area contributed by atoms with E-state index in [4.69, 9.17) is 43.9 Å². The molecule has 332 valence electrons. The standard InChI is InChI=1S/C40H79N2O12PS/c1-3-5-7-9-11-13-15-17-19-21-38(43)53-33-36(54-39(44)22-20-18-16-14-12-10-8-6-4-2)34-56-35-37(41)40(45)42-23-24-49-25-26-50-27-28-51-29-30-52-31-32-55(46,47)48/h36-37H,3-35,41H2,1-2H3,(H,42,45)(H2,46,47,48)/t36-,37-/m1/s1. The Morgan fingerprint density at radius 3 is 1.52 bits per heavy atom. The van der Waals surface area contributed by atoms with Gasteiger partial charge in [-0.2, -0.15) is 11.8 Å². The number of hydrogen-bond acceptors (Lipinski definition) is 12. The van der Waals surface area contributed by atoms with Crippen molar-refractivity contribution in [2.75, 3.05) is 83.7 Å². The quantitative estimate of drug-likeness (QED) is 0.0287. The third-order valence-electron chi connectivity index (χ3n) is 8.82. The molecule has 0 aliphatic rings. The lowest BCUT2D eigenvalue weighted by Gasteiger charge is -2.19. The molecule has 5 N–H and O–H groups in total. The van der Waals surface area contributed by atoms with Crippen molar-refractivity contribution in [2.24, 2.45) is 5.73 Å². The van der Waals surface area contributed by atoms with Crippen molar-refractivity contribution in [3.05, 3.63) is 0 Å². The van der Waals surface area contributed by atoms with E-state index >= 15 is 0 Å². The molecule has 0 aromatic carbocycles. The summed E-state index contributed by atoms with van der Waals surface area (Å²) in [5.74, 6) is -0.227. The fourth-order valence-corrected chi connectivity index (χ4v) is 6.84. The summed E-state index contributed by atoms with van der Waals surface area (Å²) in [7, 11) is -4.04. The van der Waals surface area contributed by atoms with Crippen molar-refractivity contribution in [3.8, 4) is 0 Å². The van der Waals surface area contributed by atoms with Gasteiger partial charge < -0.3 is 49.3 Å². The molecule has 2 atom stereocenters. The van der Waals surface area contributed by atoms with Crippen LogP contribution in [0, 0.1) is 0 Å². The average molecular weight is 843 g/mol. The number of unbranched alkanes of at least 4 members (excludes halogenated alkanes) is 16. The second-order valence-corrected chi connectivity index (χ2v) is 17.1. The Morgan fingerprint density at radius 2 is 1.04 bits per heavy atom. The monoisotopic (exact) mass is 843 g/mol. The van der Waals surface area contributed by atoms with Crippen LogP contribution in [0.15, 0.2) is 0 Å². The molecule has 0 fully saturated rings. The van der Waals surface area contributed by atoms with Gasteiger partial charge in [-0.3, -0.25) is 18.9 Å². The van der Waals surface area contributed by atoms with E-state index < -0.39 is 19.7 Å². The highest BCUT2D eigenvalue weighted by Crippen LogP contribution is 2.33. The molecule has 56 heavy (non-hydrogen) atoms. The fourth-order valence-electron chi connectivity index (χ4n) is 5.50. The van der Waals surface area contributed by atoms with Gasteiger partial charge in [-0.05, 0) is 12.8 Å². The summed E-state index contributed by atoms with van der Waals surface area (Å²) in [4.78, 5) is 55.2. The van der Waals surface area contributed by atoms with Crippen LogP contribution in [0.4, 0.5) is 0 Å². The van der Waals surface area contributed by atoms with E-state index in [2.05, 4.69) is 19.2 Å². The Morgan fingerprint density at radius 1 is 0.607 bits per heavy atom. The van der Waals surface area contributed by atoms with E-state index in [9.17, 15) is 18.9 Å². The lowest BCUT2D eigenvalue weighted by molar-refractivity contribution is -0.157. The van der Waals surface area contributed by atoms with Crippen molar-refractivity contribution in [1.29, 1.82) is 0 Å². The Kier molecular flexibility index (Phi) is 39.6. The van der Waals surface area contributed by atoms with Gasteiger partial charge in [0.2, 0.25) is 5.91 Å². The van der Waals surface area contributed by atoms with Crippen LogP contribution in [0.2, 0.25) is 0 Å². The minimum Gasteiger partial charge on any atom is -0.462 e. The molecule has 0 bridgehead atoms. The number of ether oxygens (including phenoxy) is 6. The van der Waals surface area contributed by atoms with E-state index in [1.807, 2.05) is 0 Å². The van der Waals surface area contributed by atoms with E-state index in [0.717, 1.165) is 38.5 Å². The van der Waals surface area contributed by atoms with Gasteiger partial charge in [0.1, 0.15) is 12.7 Å². The van der Waals surface area contributed by atoms with Crippen LogP contribution in [0.3, 0.4) is 0 Å². The normalized spacial score (nSPS) is 12.7. The third kappa shape index (κ3) is 40.9. The van der Waals surface area contributed by atoms with Gasteiger partial charge in [-0.25, -0.2) is 0 Å². The molecule has 0 spiro atoms. The lowest BCUT2D eigenvalue weighted by atomic mass is 10.1. The van der Waals surface area contributed by atoms with E-state index in [1.165, 1.54) is 88.8 Å². The number of nitrogens with one attached hydrogen (secondary N) is 1. The molecule has 0 aliphatic carbocycles. The summed E-state index contributed by atoms with van der Waals surface area (Å²) in [6.07, 6.45) is 20.6. The largest absolute Gasteiger partial charge is 0.462 e. The molecule has 0 radical (unpaired) electrons. The first-order valence-electron chi connectivity index (χ1n) is 21.4. The molecule has 0 aromatic heterocycles. The van der Waals surface area contributed by atoms with E-state index in [1.54, 1.807) is 0 Å². The van der Waals surface area contributed by atoms with Crippen LogP contribution >= 0.6 is 19.4 Å². The second-order valence-electron chi connectivity index (χ2n) is 14.2. The number of esters is 2. The molecular weight excluding hydrogens is 763 g/mol. The van der Waals surface area contributed by atoms with Crippen molar-refractivity contribution in [1.82, 2.24) is 5.32 Å². The number of nitrogens with two attached hydrogens (primary N) is 1. The van der Waals surface area contributed by atoms with Gasteiger partial charge in [0.15, 0.2) is 0 Å². The highest BCUT2D eigenvalue weighted by atomic mass is 32.2. The summed E-state index contributed by atoms with van der Waals surface area (Å²) in [6, 6.07) is -0.771. The van der Waals surface area contributed by atoms with Crippen LogP contribution in [0.5, 0.6) is 0 Å². The van der Waals surface area contributed by atoms with Gasteiger partial charge in [0.05, 0.1) is 65.1 Å². The Labute approximate surface area is 342 Å². The minimum absolute atomic E-state index is 0.0127. The van der Waals surface area contributed by atoms with Gasteiger partial charge >= 0.3 is 19.5 Å². The number of amides is 1. The van der Waals surface area contributed by atoms with Crippen molar-refractivity contribution < 1.29 is 57.2 Å². The molecule has 16 heteroatoms. The predicted octanol–water partition coefficient (Wildman–Crippen LogP) is 6.70. The molecule has 0 saturated heterocycles. The smallest absolute Gasteiger partial charge is 0.327 e. The number of rotatable bonds is 43. The summed E-state index contributed by atoms with van der Waals surface area (Å²) in [6.45, 7) is 6.91. The number of carbonyl (C=O) groups is 3. The molecular formula is C40H79N2O12PS. The highest BCUT2D eigenvalue weighted by Gasteiger charge is 2.20. The predicted molar refractivity (Wildman–Crippen MR) is 223 cm³/mol. The van der Waals surface area contributed by atoms with Gasteiger partial charge in [0.25, 0.3) is 0 Å². The van der Waals surface area contributed by atoms with Crippen molar-refractivity contribution in [2.45, 2.75) is 154 Å². The molecule has 0 aliphatic heterocycles. The summed E-state index contributed by atoms with van der Waals surface area (Å²) >= 11 is 1.38. The zero-order chi connectivity index (χ0) is 41.4. The first-order valence-corrected chi connectivity index (χ1v) is 24.4. The number of carbonyl (C=O) groups excluding carboxylic acids is 3. The summed E-state index contributed by atoms with van der Waals surface area (Å²) < 4.78 is 43.3. The van der Waals surface area contributed by atoms with Crippen molar-refractivity contribution in [3.63, 3.8) is 0 Å².